The number of ether oxygens (including phenoxy) is 16. The Morgan fingerprint density at radius 3 is 1.49 bits per heavy atom. The van der Waals surface area contributed by atoms with Gasteiger partial charge in [-0.25, -0.2) is 14.4 Å². The van der Waals surface area contributed by atoms with E-state index < -0.39 is 225 Å². The van der Waals surface area contributed by atoms with Crippen molar-refractivity contribution in [1.82, 2.24) is 16.0 Å². The molecule has 2 aromatic carbocycles. The number of rotatable bonds is 28. The van der Waals surface area contributed by atoms with Crippen LogP contribution < -0.4 is 16.0 Å². The summed E-state index contributed by atoms with van der Waals surface area (Å²) in [6, 6.07) is 9.02. The summed E-state index contributed by atoms with van der Waals surface area (Å²) in [5.41, 5.74) is 3.46. The summed E-state index contributed by atoms with van der Waals surface area (Å²) in [7, 11) is 0. The third-order valence-corrected chi connectivity index (χ3v) is 15.1. The predicted molar refractivity (Wildman–Crippen MR) is 316 cm³/mol. The second kappa shape index (κ2) is 34.0. The molecule has 3 amide bonds. The molecule has 2 aromatic rings. The summed E-state index contributed by atoms with van der Waals surface area (Å²) in [4.78, 5) is 184. The highest BCUT2D eigenvalue weighted by atomic mass is 16.8. The molecule has 3 saturated heterocycles. The molecule has 1 aliphatic carbocycles. The van der Waals surface area contributed by atoms with E-state index in [2.05, 4.69) is 16.0 Å². The fourth-order valence-corrected chi connectivity index (χ4v) is 11.5. The fourth-order valence-electron chi connectivity index (χ4n) is 11.5. The van der Waals surface area contributed by atoms with Crippen molar-refractivity contribution < 1.29 is 153 Å². The number of alkyl carbamates (subject to hydrolysis) is 1. The van der Waals surface area contributed by atoms with Crippen molar-refractivity contribution in [3.05, 3.63) is 59.7 Å². The molecule has 0 spiro atoms. The minimum absolute atomic E-state index is 0.259. The van der Waals surface area contributed by atoms with E-state index in [9.17, 15) is 77.3 Å². The molecule has 3 fully saturated rings. The molecule has 0 saturated carbocycles. The van der Waals surface area contributed by atoms with Crippen molar-refractivity contribution in [2.24, 2.45) is 0 Å². The van der Waals surface area contributed by atoms with Gasteiger partial charge in [-0.1, -0.05) is 48.5 Å². The van der Waals surface area contributed by atoms with E-state index in [1.165, 1.54) is 0 Å². The summed E-state index contributed by atoms with van der Waals surface area (Å²) in [5, 5.41) is 29.5. The SMILES string of the molecule is CC(=O)N[C@H]1[C@@H](OC(C)C(NC(=O)OCC2c3ccccc3-c3ccccc32)C(=O)O)O[C@H](COC(C)=O)[C@H](OC(C)=O)[C@@H]1O[C@@H]1O[C@H](COC(C)=O)[C@H](OC(C)=O)[C@H](O[C@]2(C(=O)O)C[C@H](OC(C)=O)[C@@H](NC(C)=O)[C@H]([C@H](OC(C)=O)[C@@H](COC(C)=O)OC(C)=O)O2)[C@H]1OC(C)=O. The zero-order valence-electron chi connectivity index (χ0n) is 54.7. The van der Waals surface area contributed by atoms with Crippen LogP contribution in [0.15, 0.2) is 48.5 Å². The van der Waals surface area contributed by atoms with Gasteiger partial charge in [0.25, 0.3) is 5.79 Å². The van der Waals surface area contributed by atoms with E-state index in [0.29, 0.717) is 0 Å². The molecule has 35 nitrogen and oxygen atoms in total. The van der Waals surface area contributed by atoms with Gasteiger partial charge in [0.1, 0.15) is 69.1 Å². The molecule has 18 atom stereocenters. The lowest BCUT2D eigenvalue weighted by Crippen LogP contribution is -2.72. The first-order valence-electron chi connectivity index (χ1n) is 30.1. The highest BCUT2D eigenvalue weighted by Gasteiger charge is 2.64. The number of carboxylic acids is 2. The lowest BCUT2D eigenvalue weighted by molar-refractivity contribution is -0.382. The van der Waals surface area contributed by atoms with Crippen LogP contribution >= 0.6 is 0 Å². The standard InChI is InChI=1S/C62H77N3O32/c1-26(47(57(77)78)65-61(81)85-22-42-40-19-15-13-17-38(40)39-18-14-16-20-41(39)42)86-58-49(64-28(3)67)53(50(89-34(9)73)45(93-58)24-83-30(5)69)95-59-56(92-37(12)76)55(52(91-36(11)75)46(94-59)25-84-31(6)70)97-62(60(79)80)21-43(87-32(7)71)48(63-27(2)66)54(96-62)51(90-35(10)74)44(88-33(8)72)23-82-29(4)68/h13-20,26,42-56,58-59H,21-25H2,1-12H3,(H,63,66)(H,64,67)(H,65,81)(H,77,78)(H,79,80)/t26?,43-,44+,45+,46+,47?,48+,49+,50-,51+,52-,53+,54+,55-,56+,58-,59-,62-/m0/s1. The maximum absolute atomic E-state index is 14.4. The Morgan fingerprint density at radius 1 is 0.536 bits per heavy atom. The van der Waals surface area contributed by atoms with E-state index in [4.69, 9.17) is 75.8 Å². The fraction of sp³-hybridized carbons (Fsp3) is 0.581. The summed E-state index contributed by atoms with van der Waals surface area (Å²) in [6.07, 6.45) is -31.9. The van der Waals surface area contributed by atoms with Crippen LogP contribution in [-0.2, 0) is 138 Å². The number of aliphatic carboxylic acids is 2. The Bertz CT molecular complexity index is 3240. The predicted octanol–water partition coefficient (Wildman–Crippen LogP) is 0.462. The van der Waals surface area contributed by atoms with E-state index >= 15 is 0 Å². The highest BCUT2D eigenvalue weighted by Crippen LogP contribution is 2.45. The molecule has 3 aliphatic heterocycles. The van der Waals surface area contributed by atoms with Crippen LogP contribution in [0.2, 0.25) is 0 Å². The van der Waals surface area contributed by atoms with Gasteiger partial charge < -0.3 is 102 Å². The van der Waals surface area contributed by atoms with Gasteiger partial charge in [0.05, 0.1) is 18.6 Å². The number of benzene rings is 2. The number of esters is 9. The lowest BCUT2D eigenvalue weighted by atomic mass is 9.87. The first-order valence-corrected chi connectivity index (χ1v) is 30.1. The molecule has 97 heavy (non-hydrogen) atoms. The van der Waals surface area contributed by atoms with E-state index in [-0.39, 0.29) is 6.61 Å². The molecule has 2 unspecified atom stereocenters. The first kappa shape index (κ1) is 76.6. The third-order valence-electron chi connectivity index (χ3n) is 15.1. The summed E-state index contributed by atoms with van der Waals surface area (Å²) in [6.45, 7) is 8.05. The van der Waals surface area contributed by atoms with Gasteiger partial charge in [-0.15, -0.1) is 0 Å². The van der Waals surface area contributed by atoms with Crippen molar-refractivity contribution in [3.8, 4) is 11.1 Å². The minimum Gasteiger partial charge on any atom is -0.480 e. The van der Waals surface area contributed by atoms with Gasteiger partial charge in [-0.3, -0.25) is 52.7 Å². The Hall–Kier alpha value is -9.42. The molecule has 35 heteroatoms. The van der Waals surface area contributed by atoms with Gasteiger partial charge >= 0.3 is 71.8 Å². The molecule has 0 aromatic heterocycles. The second-order valence-electron chi connectivity index (χ2n) is 22.7. The van der Waals surface area contributed by atoms with Crippen LogP contribution in [0, 0.1) is 0 Å². The van der Waals surface area contributed by atoms with Gasteiger partial charge in [0.15, 0.2) is 49.1 Å². The number of fused-ring (bicyclic) bond motifs is 3. The third kappa shape index (κ3) is 20.6. The molecule has 0 radical (unpaired) electrons. The zero-order chi connectivity index (χ0) is 71.9. The molecule has 532 valence electrons. The number of hydrogen-bond donors (Lipinski definition) is 5. The van der Waals surface area contributed by atoms with Crippen molar-refractivity contribution in [3.63, 3.8) is 0 Å². The van der Waals surface area contributed by atoms with E-state index in [1.54, 1.807) is 12.1 Å². The van der Waals surface area contributed by atoms with Gasteiger partial charge in [0, 0.05) is 82.1 Å². The molecule has 6 rings (SSSR count). The molecular weight excluding hydrogens is 1300 g/mol. The minimum atomic E-state index is -3.48. The Morgan fingerprint density at radius 2 is 1.02 bits per heavy atom. The van der Waals surface area contributed by atoms with E-state index in [1.807, 2.05) is 36.4 Å². The Labute approximate surface area is 553 Å². The highest BCUT2D eigenvalue weighted by molar-refractivity contribution is 5.82. The van der Waals surface area contributed by atoms with Crippen LogP contribution in [0.5, 0.6) is 0 Å². The average molecular weight is 1380 g/mol. The molecule has 0 bridgehead atoms. The normalized spacial score (nSPS) is 26.9. The smallest absolute Gasteiger partial charge is 0.407 e. The topological polar surface area (TPSA) is 463 Å². The monoisotopic (exact) mass is 1380 g/mol. The molecular formula is C62H77N3O32. The number of nitrogens with one attached hydrogen (secondary N) is 3. The molecule has 5 N–H and O–H groups in total. The number of hydrogen-bond acceptors (Lipinski definition) is 30. The second-order valence-corrected chi connectivity index (χ2v) is 22.7. The van der Waals surface area contributed by atoms with Gasteiger partial charge in [-0.2, -0.15) is 0 Å². The van der Waals surface area contributed by atoms with Crippen molar-refractivity contribution >= 4 is 83.6 Å². The van der Waals surface area contributed by atoms with Crippen LogP contribution in [0.25, 0.3) is 11.1 Å². The zero-order valence-corrected chi connectivity index (χ0v) is 54.7. The number of carboxylic acid groups (broad SMARTS) is 2. The Balaban J connectivity index is 1.50. The Kier molecular flexibility index (Phi) is 26.8. The quantitative estimate of drug-likeness (QED) is 0.0571. The van der Waals surface area contributed by atoms with E-state index in [0.717, 1.165) is 105 Å². The van der Waals surface area contributed by atoms with Crippen LogP contribution in [0.4, 0.5) is 4.79 Å². The van der Waals surface area contributed by atoms with Crippen LogP contribution in [-0.4, -0.2) is 230 Å². The van der Waals surface area contributed by atoms with Gasteiger partial charge in [-0.05, 0) is 29.2 Å². The molecule has 3 heterocycles. The van der Waals surface area contributed by atoms with Crippen molar-refractivity contribution in [2.45, 2.75) is 205 Å². The van der Waals surface area contributed by atoms with Crippen molar-refractivity contribution in [1.29, 1.82) is 0 Å². The maximum Gasteiger partial charge on any atom is 0.407 e. The maximum atomic E-state index is 14.4. The summed E-state index contributed by atoms with van der Waals surface area (Å²) < 4.78 is 93.7. The first-order chi connectivity index (χ1) is 45.6. The summed E-state index contributed by atoms with van der Waals surface area (Å²) in [5.74, 6) is -19.7. The molecule has 4 aliphatic rings. The van der Waals surface area contributed by atoms with Crippen LogP contribution in [0.3, 0.4) is 0 Å². The lowest BCUT2D eigenvalue weighted by Gasteiger charge is -2.52. The summed E-state index contributed by atoms with van der Waals surface area (Å²) >= 11 is 0. The van der Waals surface area contributed by atoms with Crippen molar-refractivity contribution in [2.75, 3.05) is 26.4 Å². The van der Waals surface area contributed by atoms with Crippen LogP contribution in [0.1, 0.15) is 107 Å². The number of amides is 3. The largest absolute Gasteiger partial charge is 0.480 e. The average Bonchev–Trinajstić information content (AvgIpc) is 1.59. The van der Waals surface area contributed by atoms with Gasteiger partial charge in [0.2, 0.25) is 11.8 Å². The number of carbonyl (C=O) groups is 14. The number of carbonyl (C=O) groups excluding carboxylic acids is 12.